The van der Waals surface area contributed by atoms with Crippen LogP contribution in [0.25, 0.3) is 0 Å². The van der Waals surface area contributed by atoms with E-state index >= 15 is 0 Å². The van der Waals surface area contributed by atoms with Gasteiger partial charge in [0.2, 0.25) is 0 Å². The first-order chi connectivity index (χ1) is 11.7. The van der Waals surface area contributed by atoms with E-state index in [4.69, 9.17) is 9.73 Å². The number of nitrogens with one attached hydrogen (secondary N) is 1. The Morgan fingerprint density at radius 3 is 2.76 bits per heavy atom. The predicted octanol–water partition coefficient (Wildman–Crippen LogP) is 1.09. The topological polar surface area (TPSA) is 60.3 Å². The predicted molar refractivity (Wildman–Crippen MR) is 115 cm³/mol. The largest absolute Gasteiger partial charge is 0.387 e. The summed E-state index contributed by atoms with van der Waals surface area (Å²) >= 11 is 1.83. The van der Waals surface area contributed by atoms with Crippen molar-refractivity contribution in [2.24, 2.45) is 10.9 Å². The minimum atomic E-state index is -0.602. The highest BCUT2D eigenvalue weighted by molar-refractivity contribution is 14.0. The summed E-state index contributed by atoms with van der Waals surface area (Å²) in [5, 5.41) is 13.9. The second-order valence-electron chi connectivity index (χ2n) is 7.21. The monoisotopic (exact) mass is 484 g/mol. The highest BCUT2D eigenvalue weighted by Gasteiger charge is 2.32. The smallest absolute Gasteiger partial charge is 0.194 e. The third-order valence-corrected chi connectivity index (χ3v) is 6.39. The van der Waals surface area contributed by atoms with Crippen molar-refractivity contribution in [3.05, 3.63) is 0 Å². The minimum absolute atomic E-state index is 0. The molecule has 2 N–H and O–H groups in total. The maximum atomic E-state index is 10.5. The molecule has 3 aliphatic rings. The molecule has 2 atom stereocenters. The standard InChI is InChI=1S/C17H32N4O2S.HI/c1-2-18-16(19-13-17(22)4-10-24-14-17)21-7-5-20(6-8-21)11-15-3-9-23-12-15;/h15,22H,2-14H2,1H3,(H,18,19);1H. The van der Waals surface area contributed by atoms with Gasteiger partial charge in [0.15, 0.2) is 5.96 Å². The van der Waals surface area contributed by atoms with E-state index in [2.05, 4.69) is 22.0 Å². The van der Waals surface area contributed by atoms with E-state index in [1.165, 1.54) is 13.0 Å². The Balaban J connectivity index is 0.00000225. The van der Waals surface area contributed by atoms with Crippen molar-refractivity contribution in [3.8, 4) is 0 Å². The third-order valence-electron chi connectivity index (χ3n) is 5.15. The van der Waals surface area contributed by atoms with Crippen molar-refractivity contribution in [2.75, 3.05) is 70.5 Å². The number of piperazine rings is 1. The zero-order valence-electron chi connectivity index (χ0n) is 15.3. The molecule has 2 unspecified atom stereocenters. The fourth-order valence-electron chi connectivity index (χ4n) is 3.60. The number of ether oxygens (including phenoxy) is 1. The molecule has 0 saturated carbocycles. The number of nitrogens with zero attached hydrogens (tertiary/aromatic N) is 3. The molecule has 0 aromatic carbocycles. The second-order valence-corrected chi connectivity index (χ2v) is 8.32. The SMILES string of the molecule is CCNC(=NCC1(O)CCSC1)N1CCN(CC2CCOC2)CC1.I. The number of aliphatic hydroxyl groups is 1. The van der Waals surface area contributed by atoms with Crippen molar-refractivity contribution >= 4 is 41.7 Å². The lowest BCUT2D eigenvalue weighted by Gasteiger charge is -2.37. The maximum absolute atomic E-state index is 10.5. The Bertz CT molecular complexity index is 421. The summed E-state index contributed by atoms with van der Waals surface area (Å²) in [5.41, 5.74) is -0.602. The van der Waals surface area contributed by atoms with E-state index in [-0.39, 0.29) is 24.0 Å². The van der Waals surface area contributed by atoms with Gasteiger partial charge in [-0.1, -0.05) is 0 Å². The number of aliphatic imine (C=N–C) groups is 1. The van der Waals surface area contributed by atoms with E-state index in [9.17, 15) is 5.11 Å². The summed E-state index contributed by atoms with van der Waals surface area (Å²) < 4.78 is 5.49. The molecule has 3 rings (SSSR count). The molecule has 0 aromatic rings. The van der Waals surface area contributed by atoms with Gasteiger partial charge in [0.25, 0.3) is 0 Å². The second kappa shape index (κ2) is 10.5. The molecule has 0 radical (unpaired) electrons. The molecule has 3 saturated heterocycles. The first-order valence-electron chi connectivity index (χ1n) is 9.32. The number of guanidine groups is 1. The molecule has 3 fully saturated rings. The molecule has 146 valence electrons. The lowest BCUT2D eigenvalue weighted by Crippen LogP contribution is -2.53. The molecule has 0 aromatic heterocycles. The average Bonchev–Trinajstić information content (AvgIpc) is 3.25. The first-order valence-corrected chi connectivity index (χ1v) is 10.5. The molecule has 0 bridgehead atoms. The first kappa shape index (κ1) is 21.5. The van der Waals surface area contributed by atoms with Gasteiger partial charge >= 0.3 is 0 Å². The van der Waals surface area contributed by atoms with Crippen LogP contribution in [0.4, 0.5) is 0 Å². The molecular formula is C17H33IN4O2S. The van der Waals surface area contributed by atoms with Crippen LogP contribution in [0.15, 0.2) is 4.99 Å². The van der Waals surface area contributed by atoms with Crippen molar-refractivity contribution in [2.45, 2.75) is 25.4 Å². The van der Waals surface area contributed by atoms with Crippen LogP contribution in [-0.4, -0.2) is 97.0 Å². The van der Waals surface area contributed by atoms with Crippen LogP contribution in [0, 0.1) is 5.92 Å². The fourth-order valence-corrected chi connectivity index (χ4v) is 4.89. The summed E-state index contributed by atoms with van der Waals surface area (Å²) in [6.07, 6.45) is 2.07. The molecular weight excluding hydrogens is 451 g/mol. The van der Waals surface area contributed by atoms with Crippen LogP contribution in [-0.2, 0) is 4.74 Å². The van der Waals surface area contributed by atoms with Crippen molar-refractivity contribution in [1.29, 1.82) is 0 Å². The van der Waals surface area contributed by atoms with Gasteiger partial charge in [-0.15, -0.1) is 24.0 Å². The lowest BCUT2D eigenvalue weighted by molar-refractivity contribution is 0.0772. The Morgan fingerprint density at radius 1 is 1.36 bits per heavy atom. The number of thioether (sulfide) groups is 1. The molecule has 6 nitrogen and oxygen atoms in total. The van der Waals surface area contributed by atoms with E-state index in [1.54, 1.807) is 0 Å². The fraction of sp³-hybridized carbons (Fsp3) is 0.941. The average molecular weight is 484 g/mol. The summed E-state index contributed by atoms with van der Waals surface area (Å²) in [5.74, 6) is 3.54. The van der Waals surface area contributed by atoms with Gasteiger partial charge < -0.3 is 20.1 Å². The molecule has 8 heteroatoms. The van der Waals surface area contributed by atoms with E-state index < -0.39 is 5.60 Å². The zero-order chi connectivity index (χ0) is 16.8. The molecule has 3 aliphatic heterocycles. The van der Waals surface area contributed by atoms with Gasteiger partial charge in [0.1, 0.15) is 0 Å². The highest BCUT2D eigenvalue weighted by Crippen LogP contribution is 2.28. The lowest BCUT2D eigenvalue weighted by atomic mass is 10.0. The van der Waals surface area contributed by atoms with Gasteiger partial charge in [-0.3, -0.25) is 9.89 Å². The van der Waals surface area contributed by atoms with Crippen LogP contribution in [0.3, 0.4) is 0 Å². The maximum Gasteiger partial charge on any atom is 0.194 e. The Hall–Kier alpha value is 0.230. The number of rotatable bonds is 5. The van der Waals surface area contributed by atoms with Crippen LogP contribution >= 0.6 is 35.7 Å². The van der Waals surface area contributed by atoms with Gasteiger partial charge in [0.05, 0.1) is 18.8 Å². The highest BCUT2D eigenvalue weighted by atomic mass is 127. The summed E-state index contributed by atoms with van der Waals surface area (Å²) in [4.78, 5) is 9.65. The van der Waals surface area contributed by atoms with Crippen molar-refractivity contribution in [3.63, 3.8) is 0 Å². The number of hydrogen-bond donors (Lipinski definition) is 2. The van der Waals surface area contributed by atoms with Gasteiger partial charge in [-0.2, -0.15) is 11.8 Å². The summed E-state index contributed by atoms with van der Waals surface area (Å²) in [7, 11) is 0. The molecule has 0 spiro atoms. The Morgan fingerprint density at radius 2 is 2.16 bits per heavy atom. The number of hydrogen-bond acceptors (Lipinski definition) is 5. The van der Waals surface area contributed by atoms with E-state index in [0.717, 1.165) is 69.8 Å². The van der Waals surface area contributed by atoms with Crippen LogP contribution < -0.4 is 5.32 Å². The normalized spacial score (nSPS) is 31.2. The van der Waals surface area contributed by atoms with Crippen LogP contribution in [0.2, 0.25) is 0 Å². The quantitative estimate of drug-likeness (QED) is 0.346. The minimum Gasteiger partial charge on any atom is -0.387 e. The Labute approximate surface area is 173 Å². The summed E-state index contributed by atoms with van der Waals surface area (Å²) in [6.45, 7) is 10.7. The van der Waals surface area contributed by atoms with Gasteiger partial charge in [-0.25, -0.2) is 0 Å². The number of halogens is 1. The molecule has 25 heavy (non-hydrogen) atoms. The van der Waals surface area contributed by atoms with Crippen molar-refractivity contribution in [1.82, 2.24) is 15.1 Å². The van der Waals surface area contributed by atoms with E-state index in [1.807, 2.05) is 11.8 Å². The molecule has 0 amide bonds. The zero-order valence-corrected chi connectivity index (χ0v) is 18.4. The van der Waals surface area contributed by atoms with Crippen molar-refractivity contribution < 1.29 is 9.84 Å². The van der Waals surface area contributed by atoms with E-state index in [0.29, 0.717) is 12.5 Å². The third kappa shape index (κ3) is 6.41. The molecule has 0 aliphatic carbocycles. The van der Waals surface area contributed by atoms with Crippen LogP contribution in [0.1, 0.15) is 19.8 Å². The van der Waals surface area contributed by atoms with Crippen LogP contribution in [0.5, 0.6) is 0 Å². The van der Waals surface area contributed by atoms with Gasteiger partial charge in [0, 0.05) is 51.6 Å². The summed E-state index contributed by atoms with van der Waals surface area (Å²) in [6, 6.07) is 0. The molecule has 3 heterocycles. The Kier molecular flexibility index (Phi) is 9.07. The van der Waals surface area contributed by atoms with Gasteiger partial charge in [-0.05, 0) is 31.4 Å².